The van der Waals surface area contributed by atoms with Crippen LogP contribution in [0.5, 0.6) is 0 Å². The average molecular weight is 335 g/mol. The third-order valence-electron chi connectivity index (χ3n) is 3.05. The van der Waals surface area contributed by atoms with Crippen molar-refractivity contribution in [3.05, 3.63) is 23.8 Å². The van der Waals surface area contributed by atoms with Gasteiger partial charge < -0.3 is 21.3 Å². The van der Waals surface area contributed by atoms with Gasteiger partial charge in [0, 0.05) is 38.7 Å². The summed E-state index contributed by atoms with van der Waals surface area (Å²) < 4.78 is 0. The third-order valence-corrected chi connectivity index (χ3v) is 3.05. The Bertz CT molecular complexity index is 511. The molecule has 1 aliphatic rings. The van der Waals surface area contributed by atoms with Crippen molar-refractivity contribution in [2.24, 2.45) is 5.73 Å². The summed E-state index contributed by atoms with van der Waals surface area (Å²) in [5.41, 5.74) is 7.45. The summed E-state index contributed by atoms with van der Waals surface area (Å²) in [5.74, 6) is -0.223. The molecule has 0 unspecified atom stereocenters. The van der Waals surface area contributed by atoms with E-state index in [1.807, 2.05) is 18.0 Å². The topological polar surface area (TPSA) is 87.5 Å². The smallest absolute Gasteiger partial charge is 0.251 e. The lowest BCUT2D eigenvalue weighted by Gasteiger charge is -2.18. The first-order chi connectivity index (χ1) is 9.11. The lowest BCUT2D eigenvalue weighted by atomic mass is 10.1. The molecule has 6 nitrogen and oxygen atoms in total. The minimum Gasteiger partial charge on any atom is -0.372 e. The molecule has 0 fully saturated rings. The molecule has 0 aromatic heterocycles. The summed E-state index contributed by atoms with van der Waals surface area (Å²) in [6.45, 7) is 1.50. The van der Waals surface area contributed by atoms with Crippen LogP contribution >= 0.6 is 24.8 Å². The molecule has 0 atom stereocenters. The normalized spacial score (nSPS) is 13.0. The highest BCUT2D eigenvalue weighted by Gasteiger charge is 2.18. The van der Waals surface area contributed by atoms with E-state index >= 15 is 0 Å². The predicted molar refractivity (Wildman–Crippen MR) is 88.8 cm³/mol. The van der Waals surface area contributed by atoms with E-state index < -0.39 is 0 Å². The molecular formula is C13H20Cl2N4O2. The summed E-state index contributed by atoms with van der Waals surface area (Å²) >= 11 is 0. The first-order valence-electron chi connectivity index (χ1n) is 6.25. The van der Waals surface area contributed by atoms with Crippen molar-refractivity contribution in [3.63, 3.8) is 0 Å². The van der Waals surface area contributed by atoms with Crippen molar-refractivity contribution >= 4 is 48.0 Å². The second-order valence-electron chi connectivity index (χ2n) is 4.50. The molecule has 0 saturated heterocycles. The molecule has 0 spiro atoms. The van der Waals surface area contributed by atoms with Crippen molar-refractivity contribution in [2.75, 3.05) is 36.9 Å². The van der Waals surface area contributed by atoms with Crippen molar-refractivity contribution < 1.29 is 9.59 Å². The highest BCUT2D eigenvalue weighted by Crippen LogP contribution is 2.28. The SMILES string of the molecule is CN1CCC(=O)Nc2cc(C(=O)NCCN)ccc21.Cl.Cl. The number of hydrogen-bond donors (Lipinski definition) is 3. The van der Waals surface area contributed by atoms with E-state index in [-0.39, 0.29) is 36.6 Å². The number of carbonyl (C=O) groups excluding carboxylic acids is 2. The van der Waals surface area contributed by atoms with Gasteiger partial charge in [0.1, 0.15) is 0 Å². The van der Waals surface area contributed by atoms with Crippen LogP contribution in [0.15, 0.2) is 18.2 Å². The highest BCUT2D eigenvalue weighted by atomic mass is 35.5. The van der Waals surface area contributed by atoms with E-state index in [9.17, 15) is 9.59 Å². The fourth-order valence-electron chi connectivity index (χ4n) is 2.00. The van der Waals surface area contributed by atoms with Crippen LogP contribution in [0.4, 0.5) is 11.4 Å². The quantitative estimate of drug-likeness (QED) is 0.769. The second kappa shape index (κ2) is 8.71. The van der Waals surface area contributed by atoms with Crippen LogP contribution in [0.3, 0.4) is 0 Å². The minimum absolute atomic E-state index is 0. The lowest BCUT2D eigenvalue weighted by Crippen LogP contribution is -2.29. The number of nitrogens with one attached hydrogen (secondary N) is 2. The molecule has 2 rings (SSSR count). The number of anilines is 2. The third kappa shape index (κ3) is 4.77. The van der Waals surface area contributed by atoms with E-state index in [1.165, 1.54) is 0 Å². The van der Waals surface area contributed by atoms with Crippen LogP contribution in [0, 0.1) is 0 Å². The van der Waals surface area contributed by atoms with Crippen molar-refractivity contribution in [1.82, 2.24) is 5.32 Å². The Hall–Kier alpha value is -1.50. The van der Waals surface area contributed by atoms with Gasteiger partial charge in [-0.3, -0.25) is 9.59 Å². The van der Waals surface area contributed by atoms with Crippen LogP contribution < -0.4 is 21.3 Å². The average Bonchev–Trinajstić information content (AvgIpc) is 2.55. The summed E-state index contributed by atoms with van der Waals surface area (Å²) in [6.07, 6.45) is 0.444. The minimum atomic E-state index is -0.186. The second-order valence-corrected chi connectivity index (χ2v) is 4.50. The molecule has 1 aromatic carbocycles. The maximum Gasteiger partial charge on any atom is 0.251 e. The number of amides is 2. The van der Waals surface area contributed by atoms with Gasteiger partial charge in [-0.2, -0.15) is 0 Å². The highest BCUT2D eigenvalue weighted by molar-refractivity contribution is 6.00. The zero-order chi connectivity index (χ0) is 13.8. The largest absolute Gasteiger partial charge is 0.372 e. The summed E-state index contributed by atoms with van der Waals surface area (Å²) in [6, 6.07) is 5.29. The molecule has 1 heterocycles. The van der Waals surface area contributed by atoms with Gasteiger partial charge in [-0.1, -0.05) is 0 Å². The van der Waals surface area contributed by atoms with Gasteiger partial charge >= 0.3 is 0 Å². The van der Waals surface area contributed by atoms with Crippen LogP contribution in [0.25, 0.3) is 0 Å². The van der Waals surface area contributed by atoms with Crippen molar-refractivity contribution in [3.8, 4) is 0 Å². The van der Waals surface area contributed by atoms with Gasteiger partial charge in [0.2, 0.25) is 5.91 Å². The van der Waals surface area contributed by atoms with E-state index in [0.29, 0.717) is 37.3 Å². The number of nitrogens with zero attached hydrogens (tertiary/aromatic N) is 1. The first-order valence-corrected chi connectivity index (χ1v) is 6.25. The van der Waals surface area contributed by atoms with Gasteiger partial charge in [0.15, 0.2) is 0 Å². The summed E-state index contributed by atoms with van der Waals surface area (Å²) in [5, 5.41) is 5.52. The Kier molecular flexibility index (Phi) is 8.09. The number of benzene rings is 1. The van der Waals surface area contributed by atoms with Crippen LogP contribution in [0.1, 0.15) is 16.8 Å². The van der Waals surface area contributed by atoms with Gasteiger partial charge in [0.25, 0.3) is 5.91 Å². The predicted octanol–water partition coefficient (Wildman–Crippen LogP) is 0.997. The molecular weight excluding hydrogens is 315 g/mol. The maximum atomic E-state index is 11.8. The van der Waals surface area contributed by atoms with Crippen LogP contribution in [-0.2, 0) is 4.79 Å². The fraction of sp³-hybridized carbons (Fsp3) is 0.385. The Morgan fingerprint density at radius 1 is 1.43 bits per heavy atom. The standard InChI is InChI=1S/C13H18N4O2.2ClH/c1-17-7-4-12(18)16-10-8-9(2-3-11(10)17)13(19)15-6-5-14;;/h2-3,8H,4-7,14H2,1H3,(H,15,19)(H,16,18);2*1H. The molecule has 2 amide bonds. The molecule has 1 aliphatic heterocycles. The molecule has 8 heteroatoms. The number of hydrogen-bond acceptors (Lipinski definition) is 4. The van der Waals surface area contributed by atoms with E-state index in [2.05, 4.69) is 10.6 Å². The number of fused-ring (bicyclic) bond motifs is 1. The first kappa shape index (κ1) is 19.5. The number of nitrogens with two attached hydrogens (primary N) is 1. The summed E-state index contributed by atoms with van der Waals surface area (Å²) in [4.78, 5) is 25.4. The summed E-state index contributed by atoms with van der Waals surface area (Å²) in [7, 11) is 1.92. The van der Waals surface area contributed by atoms with Crippen LogP contribution in [-0.4, -0.2) is 38.5 Å². The Morgan fingerprint density at radius 2 is 2.14 bits per heavy atom. The molecule has 4 N–H and O–H groups in total. The number of halogens is 2. The van der Waals surface area contributed by atoms with Gasteiger partial charge in [-0.15, -0.1) is 24.8 Å². The molecule has 0 radical (unpaired) electrons. The van der Waals surface area contributed by atoms with E-state index in [1.54, 1.807) is 12.1 Å². The maximum absolute atomic E-state index is 11.8. The molecule has 21 heavy (non-hydrogen) atoms. The zero-order valence-electron chi connectivity index (χ0n) is 11.7. The van der Waals surface area contributed by atoms with Crippen molar-refractivity contribution in [2.45, 2.75) is 6.42 Å². The number of carbonyl (C=O) groups is 2. The van der Waals surface area contributed by atoms with E-state index in [4.69, 9.17) is 5.73 Å². The van der Waals surface area contributed by atoms with Crippen molar-refractivity contribution in [1.29, 1.82) is 0 Å². The molecule has 0 saturated carbocycles. The van der Waals surface area contributed by atoms with E-state index in [0.717, 1.165) is 5.69 Å². The zero-order valence-corrected chi connectivity index (χ0v) is 13.4. The monoisotopic (exact) mass is 334 g/mol. The fourth-order valence-corrected chi connectivity index (χ4v) is 2.00. The molecule has 118 valence electrons. The van der Waals surface area contributed by atoms with Gasteiger partial charge in [-0.05, 0) is 18.2 Å². The molecule has 0 bridgehead atoms. The Labute approximate surface area is 136 Å². The molecule has 1 aromatic rings. The Balaban J connectivity index is 0.00000200. The van der Waals surface area contributed by atoms with Gasteiger partial charge in [0.05, 0.1) is 11.4 Å². The Morgan fingerprint density at radius 3 is 2.81 bits per heavy atom. The lowest BCUT2D eigenvalue weighted by molar-refractivity contribution is -0.115. The molecule has 0 aliphatic carbocycles. The van der Waals surface area contributed by atoms with Gasteiger partial charge in [-0.25, -0.2) is 0 Å². The number of rotatable bonds is 3. The van der Waals surface area contributed by atoms with Crippen LogP contribution in [0.2, 0.25) is 0 Å².